The van der Waals surface area contributed by atoms with Crippen LogP contribution in [0.2, 0.25) is 0 Å². The Hall–Kier alpha value is -0.840. The van der Waals surface area contributed by atoms with Gasteiger partial charge in [0.1, 0.15) is 5.82 Å². The van der Waals surface area contributed by atoms with Gasteiger partial charge in [0.05, 0.1) is 12.4 Å². The highest BCUT2D eigenvalue weighted by molar-refractivity contribution is 8.03. The second-order valence-electron chi connectivity index (χ2n) is 2.09. The fourth-order valence-corrected chi connectivity index (χ4v) is 1.74. The second kappa shape index (κ2) is 2.09. The topological polar surface area (TPSA) is 62.4 Å². The number of aliphatic imine (C=N–C) groups is 1. The van der Waals surface area contributed by atoms with E-state index in [1.807, 2.05) is 0 Å². The highest BCUT2D eigenvalue weighted by Gasteiger charge is 2.17. The summed E-state index contributed by atoms with van der Waals surface area (Å²) in [6.07, 6.45) is 0. The van der Waals surface area contributed by atoms with Crippen molar-refractivity contribution < 1.29 is 0 Å². The molecule has 4 N–H and O–H groups in total. The van der Waals surface area contributed by atoms with E-state index in [1.165, 1.54) is 4.91 Å². The van der Waals surface area contributed by atoms with E-state index in [4.69, 9.17) is 5.73 Å². The van der Waals surface area contributed by atoms with Gasteiger partial charge in [-0.15, -0.1) is 11.8 Å². The normalized spacial score (nSPS) is 23.0. The third kappa shape index (κ3) is 0.824. The van der Waals surface area contributed by atoms with Gasteiger partial charge in [0.2, 0.25) is 0 Å². The van der Waals surface area contributed by atoms with Crippen LogP contribution < -0.4 is 16.4 Å². The average molecular weight is 156 g/mol. The van der Waals surface area contributed by atoms with Crippen LogP contribution in [0.15, 0.2) is 15.7 Å². The standard InChI is InChI=1S/C5H8N4S/c6-5-7-1-3-4(9-5)8-2-10-3/h8H,1-2H2,(H3,6,7,9). The predicted molar refractivity (Wildman–Crippen MR) is 42.2 cm³/mol. The van der Waals surface area contributed by atoms with Gasteiger partial charge in [-0.1, -0.05) is 0 Å². The highest BCUT2D eigenvalue weighted by Crippen LogP contribution is 2.25. The van der Waals surface area contributed by atoms with E-state index in [0.717, 1.165) is 18.2 Å². The van der Waals surface area contributed by atoms with E-state index >= 15 is 0 Å². The van der Waals surface area contributed by atoms with Crippen molar-refractivity contribution in [2.75, 3.05) is 12.4 Å². The maximum Gasteiger partial charge on any atom is 0.195 e. The molecule has 5 heteroatoms. The Balaban J connectivity index is 2.29. The van der Waals surface area contributed by atoms with Gasteiger partial charge in [0, 0.05) is 4.91 Å². The molecule has 0 saturated heterocycles. The lowest BCUT2D eigenvalue weighted by Gasteiger charge is -2.11. The third-order valence-corrected chi connectivity index (χ3v) is 2.39. The molecule has 0 amide bonds. The zero-order valence-corrected chi connectivity index (χ0v) is 6.16. The lowest BCUT2D eigenvalue weighted by atomic mass is 10.5. The van der Waals surface area contributed by atoms with E-state index in [0.29, 0.717) is 5.96 Å². The van der Waals surface area contributed by atoms with Crippen LogP contribution in [0.1, 0.15) is 0 Å². The van der Waals surface area contributed by atoms with Crippen LogP contribution in [-0.4, -0.2) is 18.4 Å². The summed E-state index contributed by atoms with van der Waals surface area (Å²) in [5, 5.41) is 6.09. The lowest BCUT2D eigenvalue weighted by molar-refractivity contribution is 0.881. The third-order valence-electron chi connectivity index (χ3n) is 1.41. The van der Waals surface area contributed by atoms with Crippen molar-refractivity contribution in [1.82, 2.24) is 10.6 Å². The van der Waals surface area contributed by atoms with Crippen LogP contribution in [0.5, 0.6) is 0 Å². The second-order valence-corrected chi connectivity index (χ2v) is 3.16. The monoisotopic (exact) mass is 156 g/mol. The number of nitrogens with one attached hydrogen (secondary N) is 2. The molecular formula is C5H8N4S. The zero-order chi connectivity index (χ0) is 6.97. The van der Waals surface area contributed by atoms with Crippen molar-refractivity contribution in [3.8, 4) is 0 Å². The maximum absolute atomic E-state index is 5.45. The Bertz CT molecular complexity index is 220. The molecule has 0 aromatic rings. The summed E-state index contributed by atoms with van der Waals surface area (Å²) in [6.45, 7) is 0.822. The molecule has 2 aliphatic rings. The molecule has 0 aromatic carbocycles. The Labute approximate surface area is 63.0 Å². The molecule has 0 aromatic heterocycles. The number of nitrogens with two attached hydrogens (primary N) is 1. The summed E-state index contributed by atoms with van der Waals surface area (Å²) in [5.41, 5.74) is 5.45. The van der Waals surface area contributed by atoms with Crippen LogP contribution >= 0.6 is 11.8 Å². The maximum atomic E-state index is 5.45. The fourth-order valence-electron chi connectivity index (χ4n) is 0.926. The molecule has 0 bridgehead atoms. The molecule has 2 heterocycles. The molecule has 54 valence electrons. The Morgan fingerprint density at radius 1 is 1.50 bits per heavy atom. The molecule has 4 nitrogen and oxygen atoms in total. The minimum Gasteiger partial charge on any atom is -0.370 e. The first kappa shape index (κ1) is 5.91. The molecule has 0 unspecified atom stereocenters. The lowest BCUT2D eigenvalue weighted by Crippen LogP contribution is -2.36. The van der Waals surface area contributed by atoms with Gasteiger partial charge in [-0.2, -0.15) is 4.99 Å². The number of hydrogen-bond donors (Lipinski definition) is 3. The van der Waals surface area contributed by atoms with E-state index in [2.05, 4.69) is 15.6 Å². The van der Waals surface area contributed by atoms with Gasteiger partial charge < -0.3 is 16.4 Å². The van der Waals surface area contributed by atoms with Gasteiger partial charge in [0.25, 0.3) is 0 Å². The molecule has 2 rings (SSSR count). The summed E-state index contributed by atoms with van der Waals surface area (Å²) in [5.74, 6) is 2.37. The first-order valence-corrected chi connectivity index (χ1v) is 4.02. The Kier molecular flexibility index (Phi) is 1.23. The molecule has 0 aliphatic carbocycles. The predicted octanol–water partition coefficient (Wildman–Crippen LogP) is -0.633. The number of hydrogen-bond acceptors (Lipinski definition) is 5. The van der Waals surface area contributed by atoms with E-state index < -0.39 is 0 Å². The van der Waals surface area contributed by atoms with Gasteiger partial charge in [-0.25, -0.2) is 0 Å². The SMILES string of the molecule is NC1=NC2=C(CN1)SCN2. The van der Waals surface area contributed by atoms with Crippen LogP contribution in [0.3, 0.4) is 0 Å². The van der Waals surface area contributed by atoms with Crippen molar-refractivity contribution in [2.45, 2.75) is 0 Å². The van der Waals surface area contributed by atoms with E-state index in [1.54, 1.807) is 11.8 Å². The Morgan fingerprint density at radius 3 is 3.30 bits per heavy atom. The minimum absolute atomic E-state index is 0.508. The van der Waals surface area contributed by atoms with Crippen molar-refractivity contribution in [2.24, 2.45) is 10.7 Å². The molecule has 0 radical (unpaired) electrons. The molecule has 0 spiro atoms. The van der Waals surface area contributed by atoms with E-state index in [-0.39, 0.29) is 0 Å². The first-order valence-electron chi connectivity index (χ1n) is 3.04. The summed E-state index contributed by atoms with van der Waals surface area (Å²) in [4.78, 5) is 5.33. The largest absolute Gasteiger partial charge is 0.370 e. The number of rotatable bonds is 0. The molecule has 0 saturated carbocycles. The minimum atomic E-state index is 0.508. The first-order chi connectivity index (χ1) is 4.86. The Morgan fingerprint density at radius 2 is 2.40 bits per heavy atom. The highest BCUT2D eigenvalue weighted by atomic mass is 32.2. The van der Waals surface area contributed by atoms with Crippen molar-refractivity contribution in [3.05, 3.63) is 10.7 Å². The van der Waals surface area contributed by atoms with Crippen LogP contribution in [0, 0.1) is 0 Å². The van der Waals surface area contributed by atoms with Crippen LogP contribution in [0.4, 0.5) is 0 Å². The number of guanidine groups is 1. The molecule has 10 heavy (non-hydrogen) atoms. The van der Waals surface area contributed by atoms with Crippen molar-refractivity contribution in [3.63, 3.8) is 0 Å². The summed E-state index contributed by atoms with van der Waals surface area (Å²) in [7, 11) is 0. The number of thioether (sulfide) groups is 1. The summed E-state index contributed by atoms with van der Waals surface area (Å²) >= 11 is 1.77. The molecule has 2 aliphatic heterocycles. The quantitative estimate of drug-likeness (QED) is 0.437. The van der Waals surface area contributed by atoms with Crippen LogP contribution in [0.25, 0.3) is 0 Å². The van der Waals surface area contributed by atoms with E-state index in [9.17, 15) is 0 Å². The molecule has 0 atom stereocenters. The van der Waals surface area contributed by atoms with Gasteiger partial charge in [-0.05, 0) is 0 Å². The summed E-state index contributed by atoms with van der Waals surface area (Å²) < 4.78 is 0. The fraction of sp³-hybridized carbons (Fsp3) is 0.400. The average Bonchev–Trinajstić information content (AvgIpc) is 2.33. The van der Waals surface area contributed by atoms with Gasteiger partial charge >= 0.3 is 0 Å². The van der Waals surface area contributed by atoms with Crippen molar-refractivity contribution >= 4 is 17.7 Å². The number of nitrogens with zero attached hydrogens (tertiary/aromatic N) is 1. The van der Waals surface area contributed by atoms with Gasteiger partial charge in [0.15, 0.2) is 5.96 Å². The molecule has 0 fully saturated rings. The summed E-state index contributed by atoms with van der Waals surface area (Å²) in [6, 6.07) is 0. The molecular weight excluding hydrogens is 148 g/mol. The van der Waals surface area contributed by atoms with Crippen molar-refractivity contribution in [1.29, 1.82) is 0 Å². The van der Waals surface area contributed by atoms with Crippen LogP contribution in [-0.2, 0) is 0 Å². The zero-order valence-electron chi connectivity index (χ0n) is 5.35. The van der Waals surface area contributed by atoms with Gasteiger partial charge in [-0.3, -0.25) is 0 Å². The smallest absolute Gasteiger partial charge is 0.195 e.